The minimum absolute atomic E-state index is 0.101. The highest BCUT2D eigenvalue weighted by atomic mass is 16.7. The van der Waals surface area contributed by atoms with E-state index in [0.29, 0.717) is 5.56 Å². The van der Waals surface area contributed by atoms with Crippen LogP contribution >= 0.6 is 0 Å². The van der Waals surface area contributed by atoms with Gasteiger partial charge in [0.25, 0.3) is 0 Å². The fourth-order valence-electron chi connectivity index (χ4n) is 4.75. The van der Waals surface area contributed by atoms with Crippen LogP contribution in [0.1, 0.15) is 22.8 Å². The molecule has 15 heteroatoms. The molecule has 44 heavy (non-hydrogen) atoms. The van der Waals surface area contributed by atoms with Crippen molar-refractivity contribution in [3.63, 3.8) is 0 Å². The minimum Gasteiger partial charge on any atom is -0.507 e. The number of ether oxygens (including phenoxy) is 6. The van der Waals surface area contributed by atoms with Crippen LogP contribution in [0.2, 0.25) is 0 Å². The number of methoxy groups -OCH3 is 2. The fraction of sp³-hybridized carbons (Fsp3) is 0.483. The molecule has 0 amide bonds. The SMILES string of the molecule is COc1ccc(/C=C/C(=O)c2c(O)cc(OC3O[C@H](CO[C@H]4O[C@@H](C)[C@H](O)[C@@H](O)[C@H]4O)[C@@H](O)[C@H](O)[C@H]3O)cc2OC)cc1O. The van der Waals surface area contributed by atoms with Crippen molar-refractivity contribution in [2.24, 2.45) is 0 Å². The van der Waals surface area contributed by atoms with Crippen molar-refractivity contribution >= 4 is 11.9 Å². The van der Waals surface area contributed by atoms with Gasteiger partial charge in [-0.1, -0.05) is 12.1 Å². The number of carbonyl (C=O) groups is 1. The van der Waals surface area contributed by atoms with E-state index in [1.165, 1.54) is 45.4 Å². The maximum Gasteiger partial charge on any atom is 0.229 e. The number of hydrogen-bond donors (Lipinski definition) is 8. The average molecular weight is 625 g/mol. The largest absolute Gasteiger partial charge is 0.507 e. The lowest BCUT2D eigenvalue weighted by atomic mass is 9.98. The third kappa shape index (κ3) is 7.07. The number of aliphatic hydroxyl groups excluding tert-OH is 6. The third-order valence-corrected chi connectivity index (χ3v) is 7.31. The van der Waals surface area contributed by atoms with Gasteiger partial charge in [0.15, 0.2) is 23.6 Å². The molecule has 15 nitrogen and oxygen atoms in total. The molecule has 0 radical (unpaired) electrons. The molecule has 2 heterocycles. The van der Waals surface area contributed by atoms with Gasteiger partial charge in [0.1, 0.15) is 65.5 Å². The molecule has 2 aliphatic heterocycles. The summed E-state index contributed by atoms with van der Waals surface area (Å²) in [5, 5.41) is 82.0. The van der Waals surface area contributed by atoms with Gasteiger partial charge in [-0.05, 0) is 30.7 Å². The van der Waals surface area contributed by atoms with Crippen LogP contribution in [0.5, 0.6) is 28.7 Å². The fourth-order valence-corrected chi connectivity index (χ4v) is 4.75. The summed E-state index contributed by atoms with van der Waals surface area (Å²) in [4.78, 5) is 12.9. The number of aromatic hydroxyl groups is 2. The number of allylic oxidation sites excluding steroid dienone is 1. The second kappa shape index (κ2) is 14.1. The molecule has 2 aromatic carbocycles. The molecule has 0 spiro atoms. The molecule has 2 aromatic rings. The van der Waals surface area contributed by atoms with Crippen molar-refractivity contribution in [1.29, 1.82) is 0 Å². The molecule has 2 fully saturated rings. The van der Waals surface area contributed by atoms with E-state index in [0.717, 1.165) is 12.1 Å². The Bertz CT molecular complexity index is 1330. The Hall–Kier alpha value is -3.51. The number of carbonyl (C=O) groups excluding carboxylic acids is 1. The normalized spacial score (nSPS) is 32.4. The van der Waals surface area contributed by atoms with Gasteiger partial charge in [-0.3, -0.25) is 4.79 Å². The van der Waals surface area contributed by atoms with Gasteiger partial charge in [-0.25, -0.2) is 0 Å². The molecule has 0 aliphatic carbocycles. The Labute approximate surface area is 251 Å². The lowest BCUT2D eigenvalue weighted by molar-refractivity contribution is -0.318. The summed E-state index contributed by atoms with van der Waals surface area (Å²) < 4.78 is 32.3. The Morgan fingerprint density at radius 2 is 1.45 bits per heavy atom. The minimum atomic E-state index is -1.77. The summed E-state index contributed by atoms with van der Waals surface area (Å²) in [5.41, 5.74) is 0.263. The number of ketones is 1. The Balaban J connectivity index is 1.46. The quantitative estimate of drug-likeness (QED) is 0.117. The molecule has 0 saturated carbocycles. The molecule has 4 rings (SSSR count). The lowest BCUT2D eigenvalue weighted by Gasteiger charge is -2.42. The zero-order chi connectivity index (χ0) is 32.3. The van der Waals surface area contributed by atoms with Crippen LogP contribution in [0, 0.1) is 0 Å². The number of rotatable bonds is 10. The number of phenols is 2. The Morgan fingerprint density at radius 1 is 0.795 bits per heavy atom. The van der Waals surface area contributed by atoms with Gasteiger partial charge in [0.05, 0.1) is 26.9 Å². The van der Waals surface area contributed by atoms with Crippen molar-refractivity contribution in [2.45, 2.75) is 68.3 Å². The summed E-state index contributed by atoms with van der Waals surface area (Å²) in [7, 11) is 2.65. The van der Waals surface area contributed by atoms with Crippen LogP contribution in [-0.2, 0) is 14.2 Å². The number of phenolic OH excluding ortho intramolecular Hbond substituents is 2. The summed E-state index contributed by atoms with van der Waals surface area (Å²) >= 11 is 0. The Kier molecular flexibility index (Phi) is 10.7. The Morgan fingerprint density at radius 3 is 2.11 bits per heavy atom. The third-order valence-electron chi connectivity index (χ3n) is 7.31. The van der Waals surface area contributed by atoms with Crippen LogP contribution in [0.3, 0.4) is 0 Å². The molecular formula is C29H36O15. The number of hydrogen-bond acceptors (Lipinski definition) is 15. The van der Waals surface area contributed by atoms with Crippen LogP contribution in [0.4, 0.5) is 0 Å². The van der Waals surface area contributed by atoms with Crippen molar-refractivity contribution in [3.05, 3.63) is 47.5 Å². The standard InChI is InChI=1S/C29H36O15/c1-12-22(33)24(35)26(37)28(42-12)41-11-20-23(34)25(36)27(38)29(44-20)43-14-9-17(32)21(19(10-14)40-3)15(30)6-4-13-5-7-18(39-2)16(31)8-13/h4-10,12,20,22-29,31-38H,11H2,1-3H3/b6-4+/t12-,20+,22-,23+,24+,25-,26+,27+,28-,29?/m0/s1. The molecule has 8 N–H and O–H groups in total. The monoisotopic (exact) mass is 624 g/mol. The van der Waals surface area contributed by atoms with E-state index in [-0.39, 0.29) is 28.6 Å². The molecule has 1 unspecified atom stereocenters. The molecule has 242 valence electrons. The van der Waals surface area contributed by atoms with E-state index < -0.39 is 79.6 Å². The van der Waals surface area contributed by atoms with E-state index in [1.54, 1.807) is 6.07 Å². The lowest BCUT2D eigenvalue weighted by Crippen LogP contribution is -2.61. The predicted octanol–water partition coefficient (Wildman–Crippen LogP) is -0.958. The molecule has 2 aliphatic rings. The van der Waals surface area contributed by atoms with Gasteiger partial charge in [0, 0.05) is 12.1 Å². The number of aliphatic hydroxyl groups is 6. The second-order valence-electron chi connectivity index (χ2n) is 10.3. The first-order chi connectivity index (χ1) is 20.9. The summed E-state index contributed by atoms with van der Waals surface area (Å²) in [5.74, 6) is -1.31. The van der Waals surface area contributed by atoms with Gasteiger partial charge in [-0.15, -0.1) is 0 Å². The van der Waals surface area contributed by atoms with Gasteiger partial charge >= 0.3 is 0 Å². The smallest absolute Gasteiger partial charge is 0.229 e. The molecule has 10 atom stereocenters. The summed E-state index contributed by atoms with van der Waals surface area (Å²) in [6, 6.07) is 6.80. The highest BCUT2D eigenvalue weighted by Crippen LogP contribution is 2.36. The summed E-state index contributed by atoms with van der Waals surface area (Å²) in [6.07, 6.45) is -12.4. The number of benzene rings is 2. The predicted molar refractivity (Wildman–Crippen MR) is 148 cm³/mol. The van der Waals surface area contributed by atoms with Crippen LogP contribution in [0.25, 0.3) is 6.08 Å². The maximum atomic E-state index is 12.9. The van der Waals surface area contributed by atoms with Crippen molar-refractivity contribution < 1.29 is 74.1 Å². The highest BCUT2D eigenvalue weighted by molar-refractivity contribution is 6.10. The first-order valence-electron chi connectivity index (χ1n) is 13.5. The van der Waals surface area contributed by atoms with E-state index in [9.17, 15) is 45.6 Å². The first-order valence-corrected chi connectivity index (χ1v) is 13.5. The molecule has 0 aromatic heterocycles. The summed E-state index contributed by atoms with van der Waals surface area (Å²) in [6.45, 7) is 0.958. The zero-order valence-electron chi connectivity index (χ0n) is 24.0. The topological polar surface area (TPSA) is 234 Å². The molecule has 0 bridgehead atoms. The second-order valence-corrected chi connectivity index (χ2v) is 10.3. The molecule has 2 saturated heterocycles. The zero-order valence-corrected chi connectivity index (χ0v) is 24.0. The maximum absolute atomic E-state index is 12.9. The van der Waals surface area contributed by atoms with Crippen molar-refractivity contribution in [3.8, 4) is 28.7 Å². The van der Waals surface area contributed by atoms with Crippen LogP contribution < -0.4 is 14.2 Å². The van der Waals surface area contributed by atoms with E-state index in [4.69, 9.17) is 28.4 Å². The first kappa shape index (κ1) is 33.4. The van der Waals surface area contributed by atoms with Gasteiger partial charge in [0.2, 0.25) is 6.29 Å². The van der Waals surface area contributed by atoms with Crippen LogP contribution in [-0.4, -0.2) is 129 Å². The van der Waals surface area contributed by atoms with Crippen LogP contribution in [0.15, 0.2) is 36.4 Å². The van der Waals surface area contributed by atoms with E-state index in [1.807, 2.05) is 0 Å². The van der Waals surface area contributed by atoms with Crippen molar-refractivity contribution in [2.75, 3.05) is 20.8 Å². The van der Waals surface area contributed by atoms with Crippen molar-refractivity contribution in [1.82, 2.24) is 0 Å². The van der Waals surface area contributed by atoms with Gasteiger partial charge < -0.3 is 69.3 Å². The highest BCUT2D eigenvalue weighted by Gasteiger charge is 2.47. The van der Waals surface area contributed by atoms with E-state index >= 15 is 0 Å². The van der Waals surface area contributed by atoms with Gasteiger partial charge in [-0.2, -0.15) is 0 Å². The van der Waals surface area contributed by atoms with E-state index in [2.05, 4.69) is 0 Å². The molecular weight excluding hydrogens is 588 g/mol. The average Bonchev–Trinajstić information content (AvgIpc) is 3.00.